The summed E-state index contributed by atoms with van der Waals surface area (Å²) in [6.45, 7) is 2.47. The molecule has 5 nitrogen and oxygen atoms in total. The van der Waals surface area contributed by atoms with Crippen molar-refractivity contribution in [2.24, 2.45) is 0 Å². The third kappa shape index (κ3) is 4.53. The molecule has 152 valence electrons. The number of hydrogen-bond acceptors (Lipinski definition) is 3. The lowest BCUT2D eigenvalue weighted by Gasteiger charge is -2.21. The van der Waals surface area contributed by atoms with Crippen LogP contribution >= 0.6 is 11.6 Å². The summed E-state index contributed by atoms with van der Waals surface area (Å²) in [7, 11) is 0. The molecule has 1 amide bonds. The van der Waals surface area contributed by atoms with E-state index in [9.17, 15) is 4.79 Å². The number of aromatic nitrogens is 2. The number of nitrogens with zero attached hydrogens (tertiary/aromatic N) is 1. The lowest BCUT2D eigenvalue weighted by molar-refractivity contribution is -0.117. The summed E-state index contributed by atoms with van der Waals surface area (Å²) in [4.78, 5) is 20.1. The number of fused-ring (bicyclic) bond motifs is 1. The van der Waals surface area contributed by atoms with Gasteiger partial charge in [-0.2, -0.15) is 0 Å². The first-order valence-electron chi connectivity index (χ1n) is 9.88. The molecule has 0 spiro atoms. The van der Waals surface area contributed by atoms with Gasteiger partial charge in [0.2, 0.25) is 5.91 Å². The minimum Gasteiger partial charge on any atom is -0.361 e. The fourth-order valence-electron chi connectivity index (χ4n) is 3.55. The second-order valence-corrected chi connectivity index (χ2v) is 7.67. The second-order valence-electron chi connectivity index (χ2n) is 7.23. The maximum Gasteiger partial charge on any atom is 0.242 e. The molecule has 0 aliphatic rings. The Morgan fingerprint density at radius 1 is 1.07 bits per heavy atom. The van der Waals surface area contributed by atoms with Crippen LogP contribution in [0.3, 0.4) is 0 Å². The largest absolute Gasteiger partial charge is 0.361 e. The summed E-state index contributed by atoms with van der Waals surface area (Å²) in [5, 5.41) is 7.93. The van der Waals surface area contributed by atoms with Gasteiger partial charge in [0.15, 0.2) is 0 Å². The normalized spacial score (nSPS) is 13.1. The fourth-order valence-corrected chi connectivity index (χ4v) is 3.66. The van der Waals surface area contributed by atoms with Gasteiger partial charge in [-0.05, 0) is 36.2 Å². The maximum absolute atomic E-state index is 12.6. The molecule has 6 heteroatoms. The maximum atomic E-state index is 12.6. The van der Waals surface area contributed by atoms with Crippen LogP contribution in [0.4, 0.5) is 5.82 Å². The molecule has 30 heavy (non-hydrogen) atoms. The predicted octanol–water partition coefficient (Wildman–Crippen LogP) is 4.97. The van der Waals surface area contributed by atoms with E-state index in [2.05, 4.69) is 51.1 Å². The van der Waals surface area contributed by atoms with Crippen molar-refractivity contribution in [1.29, 1.82) is 0 Å². The minimum atomic E-state index is -0.390. The van der Waals surface area contributed by atoms with Crippen LogP contribution < -0.4 is 10.6 Å². The van der Waals surface area contributed by atoms with Crippen LogP contribution in [0.15, 0.2) is 79.1 Å². The highest BCUT2D eigenvalue weighted by Crippen LogP contribution is 2.30. The first kappa shape index (κ1) is 20.1. The molecule has 0 saturated heterocycles. The van der Waals surface area contributed by atoms with E-state index in [1.54, 1.807) is 12.1 Å². The molecule has 4 aromatic rings. The van der Waals surface area contributed by atoms with Gasteiger partial charge in [-0.15, -0.1) is 0 Å². The van der Waals surface area contributed by atoms with Crippen LogP contribution in [0.1, 0.15) is 24.0 Å². The van der Waals surface area contributed by atoms with Crippen LogP contribution in [-0.2, 0) is 4.79 Å². The van der Waals surface area contributed by atoms with Crippen LogP contribution in [0.2, 0.25) is 5.02 Å². The Hall–Kier alpha value is -3.15. The van der Waals surface area contributed by atoms with E-state index in [0.717, 1.165) is 5.52 Å². The molecule has 2 heterocycles. The highest BCUT2D eigenvalue weighted by atomic mass is 35.5. The Bertz CT molecular complexity index is 1120. The number of aromatic amines is 1. The number of amides is 1. The highest BCUT2D eigenvalue weighted by molar-refractivity contribution is 6.30. The molecule has 0 saturated carbocycles. The van der Waals surface area contributed by atoms with E-state index in [-0.39, 0.29) is 17.9 Å². The van der Waals surface area contributed by atoms with E-state index in [4.69, 9.17) is 11.6 Å². The van der Waals surface area contributed by atoms with Crippen molar-refractivity contribution in [3.05, 3.63) is 95.3 Å². The van der Waals surface area contributed by atoms with Gasteiger partial charge >= 0.3 is 0 Å². The number of halogens is 1. The molecule has 0 aliphatic heterocycles. The van der Waals surface area contributed by atoms with E-state index in [1.807, 2.05) is 37.3 Å². The third-order valence-electron chi connectivity index (χ3n) is 5.20. The topological polar surface area (TPSA) is 69.8 Å². The van der Waals surface area contributed by atoms with Crippen molar-refractivity contribution in [2.75, 3.05) is 11.9 Å². The molecular weight excluding hydrogens is 396 g/mol. The summed E-state index contributed by atoms with van der Waals surface area (Å²) >= 11 is 5.85. The number of hydrogen-bond donors (Lipinski definition) is 3. The molecule has 0 radical (unpaired) electrons. The molecule has 2 atom stereocenters. The molecule has 0 fully saturated rings. The first-order valence-corrected chi connectivity index (χ1v) is 10.3. The Kier molecular flexibility index (Phi) is 6.12. The molecule has 2 aromatic carbocycles. The molecule has 3 N–H and O–H groups in total. The van der Waals surface area contributed by atoms with E-state index >= 15 is 0 Å². The Morgan fingerprint density at radius 2 is 1.83 bits per heavy atom. The number of carbonyl (C=O) groups excluding carboxylic acids is 1. The molecular formula is C24H23ClN4O. The molecule has 0 aliphatic carbocycles. The van der Waals surface area contributed by atoms with Crippen molar-refractivity contribution in [3.63, 3.8) is 0 Å². The summed E-state index contributed by atoms with van der Waals surface area (Å²) in [6, 6.07) is 21.6. The van der Waals surface area contributed by atoms with Gasteiger partial charge in [-0.3, -0.25) is 4.79 Å². The van der Waals surface area contributed by atoms with E-state index in [1.165, 1.54) is 22.7 Å². The average Bonchev–Trinajstić information content (AvgIpc) is 3.20. The summed E-state index contributed by atoms with van der Waals surface area (Å²) in [6.07, 6.45) is 3.57. The number of anilines is 1. The van der Waals surface area contributed by atoms with Gasteiger partial charge < -0.3 is 15.6 Å². The first-order chi connectivity index (χ1) is 14.6. The van der Waals surface area contributed by atoms with Crippen LogP contribution in [0.5, 0.6) is 0 Å². The van der Waals surface area contributed by atoms with E-state index in [0.29, 0.717) is 17.4 Å². The van der Waals surface area contributed by atoms with Gasteiger partial charge in [-0.1, -0.05) is 60.1 Å². The van der Waals surface area contributed by atoms with Gasteiger partial charge in [-0.25, -0.2) is 4.98 Å². The van der Waals surface area contributed by atoms with Crippen LogP contribution in [0, 0.1) is 0 Å². The fraction of sp³-hybridized carbons (Fsp3) is 0.167. The molecule has 2 aromatic heterocycles. The SMILES string of the molecule is C[C@@H](NC[C@@H](c1ccccc1)c1c[nH]c2ccccc12)C(=O)Nc1ccc(Cl)cn1. The van der Waals surface area contributed by atoms with Crippen LogP contribution in [-0.4, -0.2) is 28.5 Å². The molecule has 0 bridgehead atoms. The van der Waals surface area contributed by atoms with Crippen molar-refractivity contribution in [3.8, 4) is 0 Å². The number of nitrogens with one attached hydrogen (secondary N) is 3. The van der Waals surface area contributed by atoms with Crippen molar-refractivity contribution in [2.45, 2.75) is 18.9 Å². The summed E-state index contributed by atoms with van der Waals surface area (Å²) in [5.74, 6) is 0.441. The van der Waals surface area contributed by atoms with E-state index < -0.39 is 0 Å². The Labute approximate surface area is 180 Å². The van der Waals surface area contributed by atoms with Gasteiger partial charge in [0.1, 0.15) is 5.82 Å². The zero-order valence-electron chi connectivity index (χ0n) is 16.6. The lowest BCUT2D eigenvalue weighted by Crippen LogP contribution is -2.40. The zero-order chi connectivity index (χ0) is 20.9. The predicted molar refractivity (Wildman–Crippen MR) is 122 cm³/mol. The Morgan fingerprint density at radius 3 is 2.60 bits per heavy atom. The number of H-pyrrole nitrogens is 1. The smallest absolute Gasteiger partial charge is 0.242 e. The minimum absolute atomic E-state index is 0.103. The lowest BCUT2D eigenvalue weighted by atomic mass is 9.90. The van der Waals surface area contributed by atoms with Gasteiger partial charge in [0.25, 0.3) is 0 Å². The summed E-state index contributed by atoms with van der Waals surface area (Å²) in [5.41, 5.74) is 3.51. The van der Waals surface area contributed by atoms with Crippen LogP contribution in [0.25, 0.3) is 10.9 Å². The quantitative estimate of drug-likeness (QED) is 0.397. The molecule has 0 unspecified atom stereocenters. The molecule has 4 rings (SSSR count). The van der Waals surface area contributed by atoms with Crippen molar-refractivity contribution >= 4 is 34.2 Å². The number of para-hydroxylation sites is 1. The Balaban J connectivity index is 1.51. The number of benzene rings is 2. The number of carbonyl (C=O) groups is 1. The highest BCUT2D eigenvalue weighted by Gasteiger charge is 2.21. The average molecular weight is 419 g/mol. The van der Waals surface area contributed by atoms with Crippen molar-refractivity contribution < 1.29 is 4.79 Å². The number of pyridine rings is 1. The second kappa shape index (κ2) is 9.11. The van der Waals surface area contributed by atoms with Gasteiger partial charge in [0, 0.05) is 35.8 Å². The summed E-state index contributed by atoms with van der Waals surface area (Å²) < 4.78 is 0. The standard InChI is InChI=1S/C24H23ClN4O/c1-16(24(30)29-23-12-11-18(25)13-28-23)26-14-20(17-7-3-2-4-8-17)21-15-27-22-10-6-5-9-19(21)22/h2-13,15-16,20,26-27H,14H2,1H3,(H,28,29,30)/t16-,20+/m1/s1. The van der Waals surface area contributed by atoms with Crippen molar-refractivity contribution in [1.82, 2.24) is 15.3 Å². The monoisotopic (exact) mass is 418 g/mol. The van der Waals surface area contributed by atoms with Gasteiger partial charge in [0.05, 0.1) is 11.1 Å². The number of rotatable bonds is 7. The zero-order valence-corrected chi connectivity index (χ0v) is 17.4. The third-order valence-corrected chi connectivity index (χ3v) is 5.42.